The first-order valence-corrected chi connectivity index (χ1v) is 11.6. The van der Waals surface area contributed by atoms with Gasteiger partial charge in [-0.1, -0.05) is 12.1 Å². The van der Waals surface area contributed by atoms with Crippen molar-refractivity contribution in [3.8, 4) is 5.75 Å². The quantitative estimate of drug-likeness (QED) is 0.283. The van der Waals surface area contributed by atoms with Crippen molar-refractivity contribution in [2.75, 3.05) is 30.8 Å². The summed E-state index contributed by atoms with van der Waals surface area (Å²) in [6.45, 7) is 1.13. The van der Waals surface area contributed by atoms with Gasteiger partial charge in [-0.2, -0.15) is 5.10 Å². The van der Waals surface area contributed by atoms with Gasteiger partial charge < -0.3 is 25.3 Å². The van der Waals surface area contributed by atoms with E-state index in [1.807, 2.05) is 36.4 Å². The third-order valence-electron chi connectivity index (χ3n) is 6.29. The average Bonchev–Trinajstić information content (AvgIpc) is 3.56. The molecule has 0 radical (unpaired) electrons. The fraction of sp³-hybridized carbons (Fsp3) is 0.154. The van der Waals surface area contributed by atoms with Crippen LogP contribution in [0, 0.1) is 0 Å². The SMILES string of the molecule is COc1cccc(NC(=O)N2CC=C(c3cc4c(Nc5ccc6[nH]ncc6c5)ncnc4[nH]3)CC2)c1. The Morgan fingerprint density at radius 2 is 2.06 bits per heavy atom. The van der Waals surface area contributed by atoms with Crippen LogP contribution in [0.25, 0.3) is 27.5 Å². The Bertz CT molecular complexity index is 1600. The van der Waals surface area contributed by atoms with E-state index in [1.54, 1.807) is 30.6 Å². The van der Waals surface area contributed by atoms with Gasteiger partial charge in [0, 0.05) is 41.6 Å². The lowest BCUT2D eigenvalue weighted by Gasteiger charge is -2.26. The fourth-order valence-electron chi connectivity index (χ4n) is 4.37. The zero-order valence-corrected chi connectivity index (χ0v) is 19.6. The van der Waals surface area contributed by atoms with Crippen LogP contribution in [0.5, 0.6) is 5.75 Å². The largest absolute Gasteiger partial charge is 0.497 e. The number of ether oxygens (including phenoxy) is 1. The van der Waals surface area contributed by atoms with E-state index in [9.17, 15) is 4.79 Å². The molecule has 36 heavy (non-hydrogen) atoms. The maximum atomic E-state index is 12.7. The molecule has 4 heterocycles. The molecule has 0 saturated heterocycles. The highest BCUT2D eigenvalue weighted by molar-refractivity contribution is 5.94. The highest BCUT2D eigenvalue weighted by Crippen LogP contribution is 2.30. The minimum absolute atomic E-state index is 0.137. The zero-order chi connectivity index (χ0) is 24.5. The van der Waals surface area contributed by atoms with Crippen LogP contribution < -0.4 is 15.4 Å². The summed E-state index contributed by atoms with van der Waals surface area (Å²) < 4.78 is 5.23. The summed E-state index contributed by atoms with van der Waals surface area (Å²) in [5, 5.41) is 15.3. The minimum Gasteiger partial charge on any atom is -0.497 e. The number of H-pyrrole nitrogens is 2. The molecule has 0 fully saturated rings. The van der Waals surface area contributed by atoms with Gasteiger partial charge in [0.2, 0.25) is 0 Å². The number of rotatable bonds is 5. The number of aromatic nitrogens is 5. The monoisotopic (exact) mass is 480 g/mol. The van der Waals surface area contributed by atoms with Crippen molar-refractivity contribution in [2.24, 2.45) is 0 Å². The van der Waals surface area contributed by atoms with Crippen molar-refractivity contribution in [3.05, 3.63) is 72.8 Å². The van der Waals surface area contributed by atoms with Crippen LogP contribution in [0.3, 0.4) is 0 Å². The second kappa shape index (κ2) is 9.06. The first-order chi connectivity index (χ1) is 17.7. The molecule has 10 nitrogen and oxygen atoms in total. The Kier molecular flexibility index (Phi) is 5.45. The van der Waals surface area contributed by atoms with Gasteiger partial charge in [-0.15, -0.1) is 0 Å². The summed E-state index contributed by atoms with van der Waals surface area (Å²) in [7, 11) is 1.60. The lowest BCUT2D eigenvalue weighted by molar-refractivity contribution is 0.217. The van der Waals surface area contributed by atoms with Crippen molar-refractivity contribution < 1.29 is 9.53 Å². The Hall–Kier alpha value is -4.86. The van der Waals surface area contributed by atoms with Gasteiger partial charge in [-0.25, -0.2) is 14.8 Å². The second-order valence-corrected chi connectivity index (χ2v) is 8.55. The number of carbonyl (C=O) groups excluding carboxylic acids is 1. The Morgan fingerprint density at radius 3 is 2.92 bits per heavy atom. The standard InChI is InChI=1S/C26H24N8O2/c1-36-20-4-2-3-18(12-20)31-26(35)34-9-7-16(8-10-34)23-13-21-24(27-15-28-25(21)32-23)30-19-5-6-22-17(11-19)14-29-33-22/h2-7,11-15H,8-10H2,1H3,(H,29,33)(H,31,35)(H2,27,28,30,32). The number of urea groups is 1. The molecule has 6 rings (SSSR count). The van der Waals surface area contributed by atoms with E-state index in [0.717, 1.165) is 51.1 Å². The number of nitrogens with one attached hydrogen (secondary N) is 4. The highest BCUT2D eigenvalue weighted by atomic mass is 16.5. The number of hydrogen-bond acceptors (Lipinski definition) is 6. The van der Waals surface area contributed by atoms with Gasteiger partial charge in [0.15, 0.2) is 0 Å². The molecule has 180 valence electrons. The number of aromatic amines is 2. The average molecular weight is 481 g/mol. The smallest absolute Gasteiger partial charge is 0.322 e. The topological polar surface area (TPSA) is 124 Å². The predicted octanol–water partition coefficient (Wildman–Crippen LogP) is 4.91. The van der Waals surface area contributed by atoms with E-state index in [1.165, 1.54) is 0 Å². The van der Waals surface area contributed by atoms with Crippen LogP contribution >= 0.6 is 0 Å². The van der Waals surface area contributed by atoms with Crippen molar-refractivity contribution in [1.29, 1.82) is 0 Å². The molecule has 2 aromatic carbocycles. The maximum absolute atomic E-state index is 12.7. The summed E-state index contributed by atoms with van der Waals surface area (Å²) in [5.74, 6) is 1.42. The number of nitrogens with zero attached hydrogens (tertiary/aromatic N) is 4. The summed E-state index contributed by atoms with van der Waals surface area (Å²) in [4.78, 5) is 26.8. The van der Waals surface area contributed by atoms with Crippen LogP contribution in [0.1, 0.15) is 12.1 Å². The molecule has 2 amide bonds. The molecule has 4 N–H and O–H groups in total. The molecule has 0 saturated carbocycles. The Morgan fingerprint density at radius 1 is 1.11 bits per heavy atom. The van der Waals surface area contributed by atoms with Gasteiger partial charge in [0.05, 0.1) is 24.2 Å². The third-order valence-corrected chi connectivity index (χ3v) is 6.29. The molecule has 0 spiro atoms. The van der Waals surface area contributed by atoms with E-state index < -0.39 is 0 Å². The highest BCUT2D eigenvalue weighted by Gasteiger charge is 2.20. The molecule has 1 aliphatic rings. The van der Waals surface area contributed by atoms with Gasteiger partial charge in [-0.3, -0.25) is 5.10 Å². The summed E-state index contributed by atoms with van der Waals surface area (Å²) in [5.41, 5.74) is 5.48. The van der Waals surface area contributed by atoms with E-state index >= 15 is 0 Å². The molecule has 10 heteroatoms. The first-order valence-electron chi connectivity index (χ1n) is 11.6. The molecule has 0 unspecified atom stereocenters. The van der Waals surface area contributed by atoms with Crippen LogP contribution in [0.2, 0.25) is 0 Å². The molecular weight excluding hydrogens is 456 g/mol. The zero-order valence-electron chi connectivity index (χ0n) is 19.6. The lowest BCUT2D eigenvalue weighted by Crippen LogP contribution is -2.37. The summed E-state index contributed by atoms with van der Waals surface area (Å²) in [6, 6.07) is 15.2. The van der Waals surface area contributed by atoms with E-state index in [2.05, 4.69) is 47.9 Å². The van der Waals surface area contributed by atoms with Gasteiger partial charge in [-0.05, 0) is 48.4 Å². The molecule has 0 aliphatic carbocycles. The van der Waals surface area contributed by atoms with Crippen molar-refractivity contribution in [2.45, 2.75) is 6.42 Å². The van der Waals surface area contributed by atoms with Crippen molar-refractivity contribution in [1.82, 2.24) is 30.0 Å². The number of benzene rings is 2. The minimum atomic E-state index is -0.137. The first kappa shape index (κ1) is 21.7. The normalized spacial score (nSPS) is 13.6. The number of methoxy groups -OCH3 is 1. The number of carbonyl (C=O) groups is 1. The number of amides is 2. The van der Waals surface area contributed by atoms with Crippen LogP contribution in [-0.2, 0) is 0 Å². The van der Waals surface area contributed by atoms with Gasteiger partial charge in [0.1, 0.15) is 23.5 Å². The molecule has 0 atom stereocenters. The van der Waals surface area contributed by atoms with Crippen LogP contribution in [0.15, 0.2) is 67.1 Å². The summed E-state index contributed by atoms with van der Waals surface area (Å²) in [6.07, 6.45) is 6.14. The summed E-state index contributed by atoms with van der Waals surface area (Å²) >= 11 is 0. The predicted molar refractivity (Wildman–Crippen MR) is 139 cm³/mol. The van der Waals surface area contributed by atoms with Crippen LogP contribution in [0.4, 0.5) is 22.0 Å². The number of anilines is 3. The van der Waals surface area contributed by atoms with E-state index in [-0.39, 0.29) is 6.03 Å². The molecule has 1 aliphatic heterocycles. The number of fused-ring (bicyclic) bond motifs is 2. The lowest BCUT2D eigenvalue weighted by atomic mass is 10.1. The molecular formula is C26H24N8O2. The maximum Gasteiger partial charge on any atom is 0.322 e. The van der Waals surface area contributed by atoms with E-state index in [4.69, 9.17) is 4.74 Å². The number of hydrogen-bond donors (Lipinski definition) is 4. The van der Waals surface area contributed by atoms with Crippen molar-refractivity contribution >= 4 is 50.7 Å². The molecule has 0 bridgehead atoms. The van der Waals surface area contributed by atoms with Crippen molar-refractivity contribution in [3.63, 3.8) is 0 Å². The Labute approximate surface area is 206 Å². The molecule has 5 aromatic rings. The van der Waals surface area contributed by atoms with Gasteiger partial charge >= 0.3 is 6.03 Å². The Balaban J connectivity index is 1.18. The molecule has 3 aromatic heterocycles. The third kappa shape index (κ3) is 4.20. The fourth-order valence-corrected chi connectivity index (χ4v) is 4.37. The van der Waals surface area contributed by atoms with Crippen LogP contribution in [-0.4, -0.2) is 56.3 Å². The second-order valence-electron chi connectivity index (χ2n) is 8.55. The van der Waals surface area contributed by atoms with E-state index in [0.29, 0.717) is 24.5 Å². The van der Waals surface area contributed by atoms with Gasteiger partial charge in [0.25, 0.3) is 0 Å².